The first-order chi connectivity index (χ1) is 15.8. The summed E-state index contributed by atoms with van der Waals surface area (Å²) in [6.45, 7) is 26.5. The molecule has 3 nitrogen and oxygen atoms in total. The summed E-state index contributed by atoms with van der Waals surface area (Å²) in [4.78, 5) is 0. The summed E-state index contributed by atoms with van der Waals surface area (Å²) >= 11 is 0. The van der Waals surface area contributed by atoms with Gasteiger partial charge in [-0.3, -0.25) is 0 Å². The van der Waals surface area contributed by atoms with Crippen LogP contribution in [-0.4, -0.2) is 39.7 Å². The molecule has 0 saturated carbocycles. The van der Waals surface area contributed by atoms with Crippen LogP contribution in [0, 0.1) is 0 Å². The second-order valence-electron chi connectivity index (χ2n) is 7.70. The predicted molar refractivity (Wildman–Crippen MR) is 151 cm³/mol. The van der Waals surface area contributed by atoms with Gasteiger partial charge in [0, 0.05) is 7.11 Å². The van der Waals surface area contributed by atoms with E-state index < -0.39 is 32.5 Å². The zero-order valence-electron chi connectivity index (χ0n) is 19.7. The largest absolute Gasteiger partial charge is 0.438 e. The van der Waals surface area contributed by atoms with Crippen LogP contribution in [0.15, 0.2) is 134 Å². The summed E-state index contributed by atoms with van der Waals surface area (Å²) in [6, 6.07) is 20.5. The third-order valence-corrected chi connectivity index (χ3v) is 27.8. The number of rotatable bonds is 14. The Labute approximate surface area is 203 Å². The van der Waals surface area contributed by atoms with Crippen molar-refractivity contribution >= 4 is 42.9 Å². The molecule has 33 heavy (non-hydrogen) atoms. The van der Waals surface area contributed by atoms with Crippen LogP contribution in [0.2, 0.25) is 6.55 Å². The van der Waals surface area contributed by atoms with E-state index in [1.807, 2.05) is 70.6 Å². The van der Waals surface area contributed by atoms with Crippen LogP contribution in [0.4, 0.5) is 0 Å². The number of benzene rings is 2. The van der Waals surface area contributed by atoms with Crippen molar-refractivity contribution in [2.75, 3.05) is 7.11 Å². The molecule has 0 aromatic heterocycles. The van der Waals surface area contributed by atoms with E-state index in [2.05, 4.69) is 70.3 Å². The van der Waals surface area contributed by atoms with Crippen molar-refractivity contribution < 1.29 is 12.7 Å². The molecule has 2 rings (SSSR count). The average Bonchev–Trinajstić information content (AvgIpc) is 2.89. The lowest BCUT2D eigenvalue weighted by Crippen LogP contribution is -2.82. The van der Waals surface area contributed by atoms with Crippen molar-refractivity contribution in [3.05, 3.63) is 134 Å². The minimum absolute atomic E-state index is 1.05. The van der Waals surface area contributed by atoms with Crippen LogP contribution in [0.3, 0.4) is 0 Å². The Bertz CT molecular complexity index is 924. The molecular formula is C26H34O3Si4. The van der Waals surface area contributed by atoms with Gasteiger partial charge in [-0.25, -0.2) is 0 Å². The molecular weight excluding hydrogens is 473 g/mol. The Balaban J connectivity index is 3.03. The Morgan fingerprint density at radius 2 is 0.909 bits per heavy atom. The van der Waals surface area contributed by atoms with Crippen molar-refractivity contribution in [1.29, 1.82) is 0 Å². The fourth-order valence-electron chi connectivity index (χ4n) is 3.86. The highest BCUT2D eigenvalue weighted by Crippen LogP contribution is 2.31. The van der Waals surface area contributed by atoms with Crippen LogP contribution in [0.25, 0.3) is 0 Å². The summed E-state index contributed by atoms with van der Waals surface area (Å²) in [5.41, 5.74) is 11.0. The monoisotopic (exact) mass is 506 g/mol. The van der Waals surface area contributed by atoms with Crippen LogP contribution >= 0.6 is 0 Å². The molecule has 1 atom stereocenters. The van der Waals surface area contributed by atoms with Gasteiger partial charge in [-0.1, -0.05) is 94.9 Å². The molecule has 0 radical (unpaired) electrons. The molecule has 2 aromatic rings. The maximum absolute atomic E-state index is 7.34. The van der Waals surface area contributed by atoms with Crippen LogP contribution in [-0.2, 0) is 12.7 Å². The summed E-state index contributed by atoms with van der Waals surface area (Å²) in [5.74, 6) is 0. The Hall–Kier alpha value is -2.37. The first kappa shape index (κ1) is 26.9. The fraction of sp³-hybridized carbons (Fsp3) is 0.0769. The molecule has 172 valence electrons. The number of hydrogen-bond acceptors (Lipinski definition) is 3. The highest BCUT2D eigenvalue weighted by Gasteiger charge is 2.64. The summed E-state index contributed by atoms with van der Waals surface area (Å²) in [5, 5.41) is 2.10. The van der Waals surface area contributed by atoms with Gasteiger partial charge in [0.25, 0.3) is 24.5 Å². The molecule has 0 N–H and O–H groups in total. The lowest BCUT2D eigenvalue weighted by molar-refractivity contribution is 0.321. The van der Waals surface area contributed by atoms with Crippen LogP contribution in [0.5, 0.6) is 0 Å². The first-order valence-electron chi connectivity index (χ1n) is 10.7. The van der Waals surface area contributed by atoms with Crippen LogP contribution < -0.4 is 10.4 Å². The van der Waals surface area contributed by atoms with Gasteiger partial charge in [-0.15, -0.1) is 39.5 Å². The average molecular weight is 507 g/mol. The van der Waals surface area contributed by atoms with Gasteiger partial charge in [-0.2, -0.15) is 0 Å². The van der Waals surface area contributed by atoms with Crippen molar-refractivity contribution in [3.8, 4) is 0 Å². The molecule has 0 spiro atoms. The van der Waals surface area contributed by atoms with Gasteiger partial charge in [0.1, 0.15) is 0 Å². The van der Waals surface area contributed by atoms with Crippen molar-refractivity contribution in [2.24, 2.45) is 0 Å². The highest BCUT2D eigenvalue weighted by atomic mass is 29.3. The maximum atomic E-state index is 7.34. The predicted octanol–water partition coefficient (Wildman–Crippen LogP) is 4.82. The maximum Gasteiger partial charge on any atom is 0.347 e. The summed E-state index contributed by atoms with van der Waals surface area (Å²) < 4.78 is 20.8. The molecule has 2 aromatic carbocycles. The van der Waals surface area contributed by atoms with Gasteiger partial charge in [0.15, 0.2) is 0 Å². The molecule has 0 heterocycles. The van der Waals surface area contributed by atoms with E-state index in [1.54, 1.807) is 7.11 Å². The molecule has 0 bridgehead atoms. The minimum atomic E-state index is -3.22. The Morgan fingerprint density at radius 1 is 0.576 bits per heavy atom. The molecule has 0 aliphatic rings. The van der Waals surface area contributed by atoms with E-state index in [4.69, 9.17) is 12.7 Å². The SMILES string of the molecule is C=C[Si](C=C)(C=C)O[Si](C)(OC)[Si](O[Si](C=C)(C=C)C=C)(c1ccccc1)c1ccccc1. The third kappa shape index (κ3) is 4.94. The van der Waals surface area contributed by atoms with E-state index >= 15 is 0 Å². The van der Waals surface area contributed by atoms with Gasteiger partial charge in [-0.05, 0) is 16.9 Å². The van der Waals surface area contributed by atoms with Crippen LogP contribution in [0.1, 0.15) is 0 Å². The van der Waals surface area contributed by atoms with Crippen molar-refractivity contribution in [3.63, 3.8) is 0 Å². The van der Waals surface area contributed by atoms with E-state index in [9.17, 15) is 0 Å². The Kier molecular flexibility index (Phi) is 9.10. The third-order valence-electron chi connectivity index (χ3n) is 6.01. The van der Waals surface area contributed by atoms with E-state index in [0.29, 0.717) is 0 Å². The second-order valence-corrected chi connectivity index (χ2v) is 24.8. The standard InChI is InChI=1S/C26H34O3Si4/c1-9-31(10-2,11-3)28-30(8,27-7)33(25-21-17-15-18-22-25,26-23-19-16-20-24-26)29-32(12-4,13-5)14-6/h9-24H,1-6H2,7-8H3. The minimum Gasteiger partial charge on any atom is -0.438 e. The molecule has 0 saturated heterocycles. The molecule has 0 aliphatic carbocycles. The van der Waals surface area contributed by atoms with Crippen molar-refractivity contribution in [1.82, 2.24) is 0 Å². The zero-order chi connectivity index (χ0) is 24.6. The quantitative estimate of drug-likeness (QED) is 0.344. The topological polar surface area (TPSA) is 27.7 Å². The van der Waals surface area contributed by atoms with E-state index in [1.165, 1.54) is 0 Å². The first-order valence-corrected chi connectivity index (χ1v) is 20.2. The number of hydrogen-bond donors (Lipinski definition) is 0. The lowest BCUT2D eigenvalue weighted by atomic mass is 10.4. The zero-order valence-corrected chi connectivity index (χ0v) is 23.7. The second kappa shape index (κ2) is 11.2. The lowest BCUT2D eigenvalue weighted by Gasteiger charge is -2.48. The van der Waals surface area contributed by atoms with Gasteiger partial charge < -0.3 is 12.7 Å². The molecule has 0 aliphatic heterocycles. The highest BCUT2D eigenvalue weighted by molar-refractivity contribution is 7.47. The summed E-state index contributed by atoms with van der Waals surface area (Å²) in [6.07, 6.45) is 0. The fourth-order valence-corrected chi connectivity index (χ4v) is 28.4. The summed E-state index contributed by atoms with van der Waals surface area (Å²) in [7, 11) is -10.2. The molecule has 7 heteroatoms. The van der Waals surface area contributed by atoms with Crippen molar-refractivity contribution in [2.45, 2.75) is 6.55 Å². The van der Waals surface area contributed by atoms with E-state index in [0.717, 1.165) is 10.4 Å². The van der Waals surface area contributed by atoms with Gasteiger partial charge >= 0.3 is 8.08 Å². The van der Waals surface area contributed by atoms with Gasteiger partial charge in [0.2, 0.25) is 0 Å². The molecule has 1 unspecified atom stereocenters. The smallest absolute Gasteiger partial charge is 0.347 e. The van der Waals surface area contributed by atoms with Gasteiger partial charge in [0.05, 0.1) is 0 Å². The molecule has 0 amide bonds. The van der Waals surface area contributed by atoms with E-state index in [-0.39, 0.29) is 0 Å². The Morgan fingerprint density at radius 3 is 1.21 bits per heavy atom. The molecule has 0 fully saturated rings. The normalized spacial score (nSPS) is 13.9.